The molecule has 0 aliphatic carbocycles. The van der Waals surface area contributed by atoms with Crippen molar-refractivity contribution in [1.82, 2.24) is 20.6 Å². The summed E-state index contributed by atoms with van der Waals surface area (Å²) in [4.78, 5) is 15.8. The third-order valence-corrected chi connectivity index (χ3v) is 6.57. The van der Waals surface area contributed by atoms with E-state index < -0.39 is 0 Å². The molecule has 0 saturated heterocycles. The van der Waals surface area contributed by atoms with Crippen molar-refractivity contribution in [2.45, 2.75) is 21.4 Å². The number of nitrogens with zero attached hydrogens (tertiary/aromatic N) is 4. The molecule has 0 unspecified atom stereocenters. The fourth-order valence-electron chi connectivity index (χ4n) is 1.93. The summed E-state index contributed by atoms with van der Waals surface area (Å²) in [6.07, 6.45) is 4.92. The molecular formula is C18H17N5OS3. The number of aryl methyl sites for hydroxylation is 1. The average Bonchev–Trinajstić information content (AvgIpc) is 3.15. The molecule has 1 aromatic carbocycles. The largest absolute Gasteiger partial charge is 0.272 e. The zero-order valence-electron chi connectivity index (χ0n) is 14.5. The van der Waals surface area contributed by atoms with E-state index in [-0.39, 0.29) is 11.7 Å². The summed E-state index contributed by atoms with van der Waals surface area (Å²) >= 11 is 4.50. The molecule has 9 heteroatoms. The number of carbonyl (C=O) groups is 1. The van der Waals surface area contributed by atoms with Crippen LogP contribution in [0.2, 0.25) is 0 Å². The molecule has 0 radical (unpaired) electrons. The van der Waals surface area contributed by atoms with Crippen LogP contribution in [0.3, 0.4) is 0 Å². The number of hydrazone groups is 1. The van der Waals surface area contributed by atoms with E-state index in [1.54, 1.807) is 42.5 Å². The maximum atomic E-state index is 11.8. The molecule has 0 aliphatic heterocycles. The van der Waals surface area contributed by atoms with Gasteiger partial charge in [-0.05, 0) is 30.2 Å². The summed E-state index contributed by atoms with van der Waals surface area (Å²) in [6.45, 7) is 2.08. The van der Waals surface area contributed by atoms with Crippen LogP contribution in [-0.2, 0) is 10.5 Å². The zero-order chi connectivity index (χ0) is 18.9. The Hall–Kier alpha value is -2.23. The van der Waals surface area contributed by atoms with Gasteiger partial charge in [0.05, 0.1) is 12.0 Å². The number of carbonyl (C=O) groups excluding carboxylic acids is 1. The lowest BCUT2D eigenvalue weighted by atomic mass is 10.2. The first-order valence-electron chi connectivity index (χ1n) is 8.05. The molecule has 0 fully saturated rings. The van der Waals surface area contributed by atoms with E-state index in [1.807, 2.05) is 0 Å². The summed E-state index contributed by atoms with van der Waals surface area (Å²) in [5.74, 6) is 0.906. The van der Waals surface area contributed by atoms with Crippen LogP contribution in [0.5, 0.6) is 0 Å². The van der Waals surface area contributed by atoms with Crippen molar-refractivity contribution in [2.75, 3.05) is 5.75 Å². The lowest BCUT2D eigenvalue weighted by molar-refractivity contribution is -0.118. The zero-order valence-corrected chi connectivity index (χ0v) is 17.0. The Morgan fingerprint density at radius 2 is 1.81 bits per heavy atom. The van der Waals surface area contributed by atoms with Crippen LogP contribution in [0.15, 0.2) is 62.6 Å². The molecule has 6 nitrogen and oxygen atoms in total. The summed E-state index contributed by atoms with van der Waals surface area (Å²) in [6, 6.07) is 12.1. The van der Waals surface area contributed by atoms with Crippen LogP contribution in [-0.4, -0.2) is 33.1 Å². The van der Waals surface area contributed by atoms with Crippen LogP contribution in [0.25, 0.3) is 0 Å². The lowest BCUT2D eigenvalue weighted by Gasteiger charge is -1.99. The first-order valence-corrected chi connectivity index (χ1v) is 10.8. The van der Waals surface area contributed by atoms with Gasteiger partial charge in [-0.3, -0.25) is 9.78 Å². The van der Waals surface area contributed by atoms with Crippen molar-refractivity contribution in [2.24, 2.45) is 5.10 Å². The van der Waals surface area contributed by atoms with E-state index in [4.69, 9.17) is 0 Å². The van der Waals surface area contributed by atoms with Crippen molar-refractivity contribution < 1.29 is 4.79 Å². The maximum absolute atomic E-state index is 11.8. The van der Waals surface area contributed by atoms with E-state index in [0.29, 0.717) is 0 Å². The summed E-state index contributed by atoms with van der Waals surface area (Å²) in [7, 11) is 0. The van der Waals surface area contributed by atoms with Crippen LogP contribution in [0, 0.1) is 6.92 Å². The van der Waals surface area contributed by atoms with Gasteiger partial charge < -0.3 is 0 Å². The molecule has 27 heavy (non-hydrogen) atoms. The number of pyridine rings is 1. The minimum absolute atomic E-state index is 0.186. The quantitative estimate of drug-likeness (QED) is 0.343. The van der Waals surface area contributed by atoms with Gasteiger partial charge in [0.15, 0.2) is 8.68 Å². The van der Waals surface area contributed by atoms with E-state index in [9.17, 15) is 4.79 Å². The van der Waals surface area contributed by atoms with Crippen LogP contribution in [0.4, 0.5) is 0 Å². The predicted molar refractivity (Wildman–Crippen MR) is 111 cm³/mol. The van der Waals surface area contributed by atoms with E-state index in [2.05, 4.69) is 56.9 Å². The van der Waals surface area contributed by atoms with Crippen molar-refractivity contribution in [1.29, 1.82) is 0 Å². The number of rotatable bonds is 8. The van der Waals surface area contributed by atoms with Gasteiger partial charge in [-0.1, -0.05) is 64.7 Å². The Kier molecular flexibility index (Phi) is 7.37. The summed E-state index contributed by atoms with van der Waals surface area (Å²) in [5.41, 5.74) is 5.88. The maximum Gasteiger partial charge on any atom is 0.250 e. The number of amides is 1. The number of nitrogens with one attached hydrogen (secondary N) is 1. The van der Waals surface area contributed by atoms with Crippen molar-refractivity contribution >= 4 is 47.0 Å². The number of thioether (sulfide) groups is 2. The van der Waals surface area contributed by atoms with E-state index >= 15 is 0 Å². The second kappa shape index (κ2) is 10.2. The highest BCUT2D eigenvalue weighted by Crippen LogP contribution is 2.30. The molecular weight excluding hydrogens is 398 g/mol. The Bertz CT molecular complexity index is 897. The highest BCUT2D eigenvalue weighted by atomic mass is 32.2. The van der Waals surface area contributed by atoms with Crippen molar-refractivity contribution in [3.05, 3.63) is 65.5 Å². The first kappa shape index (κ1) is 19.5. The van der Waals surface area contributed by atoms with Gasteiger partial charge in [0.1, 0.15) is 0 Å². The number of aromatic nitrogens is 3. The highest BCUT2D eigenvalue weighted by molar-refractivity contribution is 8.03. The molecule has 0 aliphatic rings. The summed E-state index contributed by atoms with van der Waals surface area (Å²) < 4.78 is 1.67. The third kappa shape index (κ3) is 6.78. The normalized spacial score (nSPS) is 11.0. The Labute approximate surface area is 169 Å². The molecule has 1 N–H and O–H groups in total. The standard InChI is InChI=1S/C18H17N5OS3/c1-13-2-4-15(5-3-13)11-25-17-22-23-18(27-17)26-12-16(24)21-20-10-14-6-8-19-9-7-14/h2-10H,11-12H2,1H3,(H,21,24). The van der Waals surface area contributed by atoms with Gasteiger partial charge in [0.25, 0.3) is 5.91 Å². The molecule has 138 valence electrons. The molecule has 3 aromatic rings. The van der Waals surface area contributed by atoms with Gasteiger partial charge in [0.2, 0.25) is 0 Å². The summed E-state index contributed by atoms with van der Waals surface area (Å²) in [5, 5.41) is 12.2. The van der Waals surface area contributed by atoms with Crippen LogP contribution in [0.1, 0.15) is 16.7 Å². The molecule has 0 saturated carbocycles. The molecule has 0 bridgehead atoms. The minimum Gasteiger partial charge on any atom is -0.272 e. The highest BCUT2D eigenvalue weighted by Gasteiger charge is 2.08. The average molecular weight is 416 g/mol. The van der Waals surface area contributed by atoms with Crippen LogP contribution >= 0.6 is 34.9 Å². The van der Waals surface area contributed by atoms with Gasteiger partial charge >= 0.3 is 0 Å². The molecule has 2 heterocycles. The number of benzene rings is 1. The van der Waals surface area contributed by atoms with E-state index in [0.717, 1.165) is 20.0 Å². The van der Waals surface area contributed by atoms with Crippen molar-refractivity contribution in [3.63, 3.8) is 0 Å². The monoisotopic (exact) mass is 415 g/mol. The second-order valence-corrected chi connectivity index (χ2v) is 8.89. The molecule has 2 aromatic heterocycles. The molecule has 0 spiro atoms. The fourth-order valence-corrected chi connectivity index (χ4v) is 4.70. The van der Waals surface area contributed by atoms with Gasteiger partial charge in [-0.15, -0.1) is 10.2 Å². The second-order valence-electron chi connectivity index (χ2n) is 5.47. The fraction of sp³-hybridized carbons (Fsp3) is 0.167. The Morgan fingerprint density at radius 3 is 2.56 bits per heavy atom. The smallest absolute Gasteiger partial charge is 0.250 e. The van der Waals surface area contributed by atoms with Crippen LogP contribution < -0.4 is 5.43 Å². The van der Waals surface area contributed by atoms with E-state index in [1.165, 1.54) is 34.2 Å². The van der Waals surface area contributed by atoms with Gasteiger partial charge in [0, 0.05) is 18.1 Å². The van der Waals surface area contributed by atoms with Gasteiger partial charge in [-0.25, -0.2) is 5.43 Å². The molecule has 1 amide bonds. The third-order valence-electron chi connectivity index (χ3n) is 3.31. The van der Waals surface area contributed by atoms with Crippen molar-refractivity contribution in [3.8, 4) is 0 Å². The Balaban J connectivity index is 1.40. The first-order chi connectivity index (χ1) is 13.2. The minimum atomic E-state index is -0.186. The number of hydrogen-bond acceptors (Lipinski definition) is 8. The van der Waals surface area contributed by atoms with Gasteiger partial charge in [-0.2, -0.15) is 5.10 Å². The lowest BCUT2D eigenvalue weighted by Crippen LogP contribution is -2.19. The topological polar surface area (TPSA) is 80.1 Å². The Morgan fingerprint density at radius 1 is 1.11 bits per heavy atom. The molecule has 3 rings (SSSR count). The molecule has 0 atom stereocenters. The number of hydrogen-bond donors (Lipinski definition) is 1. The predicted octanol–water partition coefficient (Wildman–Crippen LogP) is 3.78. The SMILES string of the molecule is Cc1ccc(CSc2nnc(SCC(=O)NN=Cc3ccncc3)s2)cc1.